The smallest absolute Gasteiger partial charge is 0.326 e. The number of carbonyl (C=O) groups excluding carboxylic acids is 3. The highest BCUT2D eigenvalue weighted by Crippen LogP contribution is 2.59. The number of esters is 3. The summed E-state index contributed by atoms with van der Waals surface area (Å²) in [6.07, 6.45) is 3.93. The first-order valence-corrected chi connectivity index (χ1v) is 11.0. The molecule has 0 spiro atoms. The molecule has 1 saturated heterocycles. The SMILES string of the molecule is CC(C)(OC(=O)C1C2CC3C(OC(=O)C31)C2OC(=O)Cn1ccnc1)c1ccc([N+](=O)[O-])cc1. The van der Waals surface area contributed by atoms with E-state index in [-0.39, 0.29) is 18.2 Å². The van der Waals surface area contributed by atoms with Gasteiger partial charge in [0.1, 0.15) is 24.4 Å². The number of non-ortho nitro benzene ring substituents is 1. The molecule has 2 aromatic rings. The Balaban J connectivity index is 1.32. The fourth-order valence-corrected chi connectivity index (χ4v) is 5.55. The number of rotatable bonds is 7. The Bertz CT molecular complexity index is 1140. The third kappa shape index (κ3) is 3.61. The van der Waals surface area contributed by atoms with E-state index in [2.05, 4.69) is 4.98 Å². The third-order valence-electron chi connectivity index (χ3n) is 7.09. The van der Waals surface area contributed by atoms with Crippen LogP contribution in [0.4, 0.5) is 5.69 Å². The maximum absolute atomic E-state index is 13.3. The van der Waals surface area contributed by atoms with E-state index in [1.165, 1.54) is 30.6 Å². The van der Waals surface area contributed by atoms with Gasteiger partial charge in [-0.05, 0) is 38.0 Å². The summed E-state index contributed by atoms with van der Waals surface area (Å²) < 4.78 is 18.6. The van der Waals surface area contributed by atoms with Gasteiger partial charge in [-0.2, -0.15) is 0 Å². The van der Waals surface area contributed by atoms with Gasteiger partial charge in [-0.25, -0.2) is 4.98 Å². The van der Waals surface area contributed by atoms with Crippen molar-refractivity contribution >= 4 is 23.6 Å². The minimum Gasteiger partial charge on any atom is -0.458 e. The van der Waals surface area contributed by atoms with Gasteiger partial charge in [-0.15, -0.1) is 0 Å². The number of fused-ring (bicyclic) bond motifs is 1. The number of hydrogen-bond donors (Lipinski definition) is 0. The first-order chi connectivity index (χ1) is 16.2. The molecule has 5 rings (SSSR count). The molecule has 2 saturated carbocycles. The lowest BCUT2D eigenvalue weighted by atomic mass is 9.78. The molecule has 2 heterocycles. The average molecular weight is 469 g/mol. The monoisotopic (exact) mass is 469 g/mol. The van der Waals surface area contributed by atoms with E-state index >= 15 is 0 Å². The van der Waals surface area contributed by atoms with Gasteiger partial charge in [-0.1, -0.05) is 0 Å². The Morgan fingerprint density at radius 2 is 2.00 bits per heavy atom. The molecule has 6 unspecified atom stereocenters. The molecule has 0 N–H and O–H groups in total. The van der Waals surface area contributed by atoms with Crippen molar-refractivity contribution in [2.24, 2.45) is 23.7 Å². The first kappa shape index (κ1) is 22.1. The van der Waals surface area contributed by atoms with E-state index in [4.69, 9.17) is 14.2 Å². The second kappa shape index (κ2) is 7.93. The van der Waals surface area contributed by atoms with E-state index in [0.29, 0.717) is 12.0 Å². The zero-order chi connectivity index (χ0) is 24.2. The number of ether oxygens (including phenoxy) is 3. The van der Waals surface area contributed by atoms with E-state index in [1.807, 2.05) is 0 Å². The third-order valence-corrected chi connectivity index (χ3v) is 7.09. The van der Waals surface area contributed by atoms with Crippen molar-refractivity contribution in [1.29, 1.82) is 0 Å². The molecule has 178 valence electrons. The zero-order valence-electron chi connectivity index (χ0n) is 18.5. The van der Waals surface area contributed by atoms with Gasteiger partial charge >= 0.3 is 17.9 Å². The van der Waals surface area contributed by atoms with Crippen LogP contribution in [-0.4, -0.2) is 44.6 Å². The van der Waals surface area contributed by atoms with Gasteiger partial charge < -0.3 is 18.8 Å². The van der Waals surface area contributed by atoms with Crippen LogP contribution in [0, 0.1) is 33.8 Å². The largest absolute Gasteiger partial charge is 0.458 e. The summed E-state index contributed by atoms with van der Waals surface area (Å²) in [5, 5.41) is 10.9. The Morgan fingerprint density at radius 1 is 1.26 bits per heavy atom. The Kier molecular flexibility index (Phi) is 5.14. The Labute approximate surface area is 194 Å². The lowest BCUT2D eigenvalue weighted by molar-refractivity contribution is -0.384. The molecule has 34 heavy (non-hydrogen) atoms. The van der Waals surface area contributed by atoms with Crippen LogP contribution in [-0.2, 0) is 40.7 Å². The molecule has 2 bridgehead atoms. The van der Waals surface area contributed by atoms with Crippen molar-refractivity contribution < 1.29 is 33.5 Å². The van der Waals surface area contributed by atoms with Gasteiger partial charge in [0.05, 0.1) is 23.1 Å². The van der Waals surface area contributed by atoms with Crippen LogP contribution in [0.25, 0.3) is 0 Å². The van der Waals surface area contributed by atoms with Crippen molar-refractivity contribution in [3.05, 3.63) is 58.7 Å². The molecular formula is C23H23N3O8. The number of nitro groups is 1. The summed E-state index contributed by atoms with van der Waals surface area (Å²) in [6.45, 7) is 3.32. The average Bonchev–Trinajstić information content (AvgIpc) is 3.53. The second-order valence-electron chi connectivity index (χ2n) is 9.44. The molecule has 2 aliphatic carbocycles. The van der Waals surface area contributed by atoms with Gasteiger partial charge in [0, 0.05) is 36.4 Å². The maximum atomic E-state index is 13.3. The maximum Gasteiger partial charge on any atom is 0.326 e. The zero-order valence-corrected chi connectivity index (χ0v) is 18.5. The quantitative estimate of drug-likeness (QED) is 0.258. The Morgan fingerprint density at radius 3 is 2.65 bits per heavy atom. The summed E-state index contributed by atoms with van der Waals surface area (Å²) in [7, 11) is 0. The topological polar surface area (TPSA) is 140 Å². The molecular weight excluding hydrogens is 446 g/mol. The van der Waals surface area contributed by atoms with Crippen LogP contribution in [0.5, 0.6) is 0 Å². The van der Waals surface area contributed by atoms with Crippen molar-refractivity contribution in [1.82, 2.24) is 9.55 Å². The molecule has 0 amide bonds. The molecule has 1 aromatic heterocycles. The highest BCUT2D eigenvalue weighted by molar-refractivity contribution is 5.86. The number of nitro benzene ring substituents is 1. The fourth-order valence-electron chi connectivity index (χ4n) is 5.55. The number of carbonyl (C=O) groups is 3. The van der Waals surface area contributed by atoms with Gasteiger partial charge in [0.25, 0.3) is 5.69 Å². The normalized spacial score (nSPS) is 29.1. The van der Waals surface area contributed by atoms with Crippen molar-refractivity contribution in [3.63, 3.8) is 0 Å². The molecule has 0 radical (unpaired) electrons. The van der Waals surface area contributed by atoms with Gasteiger partial charge in [0.2, 0.25) is 0 Å². The van der Waals surface area contributed by atoms with Crippen LogP contribution in [0.15, 0.2) is 43.0 Å². The summed E-state index contributed by atoms with van der Waals surface area (Å²) >= 11 is 0. The van der Waals surface area contributed by atoms with E-state index < -0.39 is 58.4 Å². The first-order valence-electron chi connectivity index (χ1n) is 11.0. The highest BCUT2D eigenvalue weighted by Gasteiger charge is 2.70. The van der Waals surface area contributed by atoms with Crippen molar-refractivity contribution in [2.45, 2.75) is 44.6 Å². The number of hydrogen-bond acceptors (Lipinski definition) is 9. The fraction of sp³-hybridized carbons (Fsp3) is 0.478. The van der Waals surface area contributed by atoms with Crippen molar-refractivity contribution in [3.8, 4) is 0 Å². The Hall–Kier alpha value is -3.76. The number of nitrogens with zero attached hydrogens (tertiary/aromatic N) is 3. The molecule has 1 aliphatic heterocycles. The summed E-state index contributed by atoms with van der Waals surface area (Å²) in [5.74, 6) is -3.57. The van der Waals surface area contributed by atoms with Crippen LogP contribution in [0.2, 0.25) is 0 Å². The molecule has 11 heteroatoms. The minimum absolute atomic E-state index is 0.0414. The summed E-state index contributed by atoms with van der Waals surface area (Å²) in [6, 6.07) is 5.76. The van der Waals surface area contributed by atoms with Crippen LogP contribution < -0.4 is 0 Å². The lowest BCUT2D eigenvalue weighted by Gasteiger charge is -2.33. The highest BCUT2D eigenvalue weighted by atomic mass is 16.6. The minimum atomic E-state index is -1.09. The van der Waals surface area contributed by atoms with Gasteiger partial charge in [0.15, 0.2) is 0 Å². The predicted molar refractivity (Wildman–Crippen MR) is 113 cm³/mol. The van der Waals surface area contributed by atoms with E-state index in [9.17, 15) is 24.5 Å². The van der Waals surface area contributed by atoms with Crippen molar-refractivity contribution in [2.75, 3.05) is 0 Å². The van der Waals surface area contributed by atoms with Gasteiger partial charge in [-0.3, -0.25) is 24.5 Å². The van der Waals surface area contributed by atoms with Crippen LogP contribution in [0.1, 0.15) is 25.8 Å². The van der Waals surface area contributed by atoms with E-state index in [0.717, 1.165) is 0 Å². The molecule has 11 nitrogen and oxygen atoms in total. The molecule has 3 fully saturated rings. The summed E-state index contributed by atoms with van der Waals surface area (Å²) in [5.41, 5.74) is -0.590. The number of aromatic nitrogens is 2. The number of benzene rings is 1. The van der Waals surface area contributed by atoms with E-state index in [1.54, 1.807) is 30.8 Å². The van der Waals surface area contributed by atoms with Crippen LogP contribution in [0.3, 0.4) is 0 Å². The standard InChI is InChI=1S/C23H23N3O8/c1-23(2,12-3-5-13(6-4-12)26(30)31)34-22(29)18-15-9-14-17(18)21(28)33-20(14)19(15)32-16(27)10-25-8-7-24-11-25/h3-8,11,14-15,17-20H,9-10H2,1-2H3. The molecule has 1 aromatic carbocycles. The molecule has 3 aliphatic rings. The predicted octanol–water partition coefficient (Wildman–Crippen LogP) is 1.99. The molecule has 6 atom stereocenters. The summed E-state index contributed by atoms with van der Waals surface area (Å²) in [4.78, 5) is 52.7. The lowest BCUT2D eigenvalue weighted by Crippen LogP contribution is -2.45. The van der Waals surface area contributed by atoms with Crippen LogP contribution >= 0.6 is 0 Å². The number of imidazole rings is 1. The second-order valence-corrected chi connectivity index (χ2v) is 9.44.